The Morgan fingerprint density at radius 3 is 2.68 bits per heavy atom. The summed E-state index contributed by atoms with van der Waals surface area (Å²) in [6.07, 6.45) is 5.97. The van der Waals surface area contributed by atoms with E-state index in [0.29, 0.717) is 30.7 Å². The van der Waals surface area contributed by atoms with Gasteiger partial charge in [0.2, 0.25) is 5.91 Å². The quantitative estimate of drug-likeness (QED) is 0.788. The number of nitriles is 1. The van der Waals surface area contributed by atoms with Gasteiger partial charge >= 0.3 is 0 Å². The summed E-state index contributed by atoms with van der Waals surface area (Å²) in [6, 6.07) is 6.42. The second-order valence-corrected chi connectivity index (χ2v) is 7.98. The second-order valence-electron chi connectivity index (χ2n) is 7.98. The van der Waals surface area contributed by atoms with Gasteiger partial charge in [0.05, 0.1) is 24.7 Å². The number of pyridine rings is 1. The number of nitrogens with zero attached hydrogens (tertiary/aromatic N) is 5. The second kappa shape index (κ2) is 8.89. The monoisotopic (exact) mass is 383 g/mol. The Hall–Kier alpha value is -2.17. The number of hydrogen-bond acceptors (Lipinski definition) is 6. The zero-order valence-electron chi connectivity index (χ0n) is 16.4. The molecule has 0 unspecified atom stereocenters. The highest BCUT2D eigenvalue weighted by atomic mass is 16.5. The Morgan fingerprint density at radius 1 is 1.14 bits per heavy atom. The van der Waals surface area contributed by atoms with Gasteiger partial charge in [0.15, 0.2) is 0 Å². The third-order valence-corrected chi connectivity index (χ3v) is 6.31. The van der Waals surface area contributed by atoms with E-state index in [1.165, 1.54) is 0 Å². The van der Waals surface area contributed by atoms with E-state index >= 15 is 0 Å². The molecule has 1 atom stereocenters. The standard InChI is InChI=1S/C21H29N5O2/c22-15-17-3-1-7-23-20(17)24-9-5-19(6-10-24)26-8-2-4-18(16-26)21(27)25-11-13-28-14-12-25/h1,3,7,18-19H,2,4-6,8-14,16H2/t18-/m0/s1. The van der Waals surface area contributed by atoms with E-state index in [9.17, 15) is 10.1 Å². The van der Waals surface area contributed by atoms with Gasteiger partial charge in [-0.25, -0.2) is 4.98 Å². The Bertz CT molecular complexity index is 720. The molecule has 4 heterocycles. The van der Waals surface area contributed by atoms with Crippen LogP contribution in [0.2, 0.25) is 0 Å². The molecule has 7 nitrogen and oxygen atoms in total. The summed E-state index contributed by atoms with van der Waals surface area (Å²) in [5.74, 6) is 1.26. The third kappa shape index (κ3) is 4.13. The van der Waals surface area contributed by atoms with Gasteiger partial charge in [-0.3, -0.25) is 9.69 Å². The van der Waals surface area contributed by atoms with E-state index in [0.717, 1.165) is 70.8 Å². The number of carbonyl (C=O) groups excluding carboxylic acids is 1. The molecular weight excluding hydrogens is 354 g/mol. The molecule has 3 fully saturated rings. The average Bonchev–Trinajstić information content (AvgIpc) is 2.79. The molecule has 0 N–H and O–H groups in total. The molecule has 0 radical (unpaired) electrons. The maximum Gasteiger partial charge on any atom is 0.227 e. The Labute approximate surface area is 166 Å². The normalized spacial score (nSPS) is 24.8. The van der Waals surface area contributed by atoms with E-state index in [4.69, 9.17) is 4.74 Å². The fraction of sp³-hybridized carbons (Fsp3) is 0.667. The fourth-order valence-corrected chi connectivity index (χ4v) is 4.76. The van der Waals surface area contributed by atoms with Crippen LogP contribution < -0.4 is 4.90 Å². The van der Waals surface area contributed by atoms with Crippen molar-refractivity contribution in [2.45, 2.75) is 31.7 Å². The molecule has 28 heavy (non-hydrogen) atoms. The molecule has 0 saturated carbocycles. The van der Waals surface area contributed by atoms with Crippen molar-refractivity contribution in [3.05, 3.63) is 23.9 Å². The van der Waals surface area contributed by atoms with Crippen LogP contribution in [0.25, 0.3) is 0 Å². The predicted octanol–water partition coefficient (Wildman–Crippen LogP) is 1.49. The van der Waals surface area contributed by atoms with Gasteiger partial charge in [0.25, 0.3) is 0 Å². The lowest BCUT2D eigenvalue weighted by molar-refractivity contribution is -0.141. The molecule has 150 valence electrons. The number of likely N-dealkylation sites (tertiary alicyclic amines) is 1. The summed E-state index contributed by atoms with van der Waals surface area (Å²) < 4.78 is 5.38. The first kappa shape index (κ1) is 19.2. The SMILES string of the molecule is N#Cc1cccnc1N1CCC(N2CCC[C@H](C(=O)N3CCOCC3)C2)CC1. The molecule has 0 bridgehead atoms. The van der Waals surface area contributed by atoms with Crippen molar-refractivity contribution in [3.63, 3.8) is 0 Å². The molecule has 1 aromatic heterocycles. The van der Waals surface area contributed by atoms with Crippen molar-refractivity contribution in [2.75, 3.05) is 57.4 Å². The minimum absolute atomic E-state index is 0.130. The number of rotatable bonds is 3. The average molecular weight is 383 g/mol. The maximum atomic E-state index is 12.9. The number of piperidine rings is 2. The van der Waals surface area contributed by atoms with E-state index in [2.05, 4.69) is 20.9 Å². The van der Waals surface area contributed by atoms with Gasteiger partial charge in [-0.2, -0.15) is 5.26 Å². The van der Waals surface area contributed by atoms with Crippen LogP contribution >= 0.6 is 0 Å². The highest BCUT2D eigenvalue weighted by Gasteiger charge is 2.34. The molecule has 3 saturated heterocycles. The van der Waals surface area contributed by atoms with Crippen molar-refractivity contribution in [1.29, 1.82) is 5.26 Å². The van der Waals surface area contributed by atoms with Gasteiger partial charge in [0.1, 0.15) is 11.9 Å². The van der Waals surface area contributed by atoms with Crippen LogP contribution in [0.1, 0.15) is 31.2 Å². The van der Waals surface area contributed by atoms with Crippen LogP contribution in [-0.2, 0) is 9.53 Å². The lowest BCUT2D eigenvalue weighted by Gasteiger charge is -2.43. The molecule has 3 aliphatic heterocycles. The molecule has 1 aromatic rings. The first-order chi connectivity index (χ1) is 13.8. The summed E-state index contributed by atoms with van der Waals surface area (Å²) in [4.78, 5) is 24.1. The van der Waals surface area contributed by atoms with Crippen LogP contribution in [0.5, 0.6) is 0 Å². The minimum atomic E-state index is 0.130. The Balaban J connectivity index is 1.33. The Kier molecular flexibility index (Phi) is 6.08. The third-order valence-electron chi connectivity index (χ3n) is 6.31. The van der Waals surface area contributed by atoms with Crippen LogP contribution in [0.3, 0.4) is 0 Å². The summed E-state index contributed by atoms with van der Waals surface area (Å²) in [6.45, 7) is 6.60. The highest BCUT2D eigenvalue weighted by molar-refractivity contribution is 5.79. The number of ether oxygens (including phenoxy) is 1. The number of anilines is 1. The molecule has 0 aromatic carbocycles. The molecule has 7 heteroatoms. The van der Waals surface area contributed by atoms with Crippen molar-refractivity contribution >= 4 is 11.7 Å². The summed E-state index contributed by atoms with van der Waals surface area (Å²) in [7, 11) is 0. The zero-order chi connectivity index (χ0) is 19.3. The number of morpholine rings is 1. The number of hydrogen-bond donors (Lipinski definition) is 0. The van der Waals surface area contributed by atoms with Gasteiger partial charge in [-0.05, 0) is 44.4 Å². The fourth-order valence-electron chi connectivity index (χ4n) is 4.76. The van der Waals surface area contributed by atoms with E-state index in [1.807, 2.05) is 17.0 Å². The van der Waals surface area contributed by atoms with Gasteiger partial charge in [-0.1, -0.05) is 0 Å². The molecule has 3 aliphatic rings. The van der Waals surface area contributed by atoms with Crippen molar-refractivity contribution in [1.82, 2.24) is 14.8 Å². The van der Waals surface area contributed by atoms with Gasteiger partial charge < -0.3 is 14.5 Å². The molecule has 1 amide bonds. The molecule has 4 rings (SSSR count). The summed E-state index contributed by atoms with van der Waals surface area (Å²) in [5, 5.41) is 9.32. The molecule has 0 spiro atoms. The predicted molar refractivity (Wildman–Crippen MR) is 106 cm³/mol. The van der Waals surface area contributed by atoms with E-state index in [-0.39, 0.29) is 5.92 Å². The van der Waals surface area contributed by atoms with Crippen LogP contribution in [0.15, 0.2) is 18.3 Å². The summed E-state index contributed by atoms with van der Waals surface area (Å²) >= 11 is 0. The number of carbonyl (C=O) groups is 1. The van der Waals surface area contributed by atoms with Crippen LogP contribution in [0, 0.1) is 17.2 Å². The lowest BCUT2D eigenvalue weighted by atomic mass is 9.92. The van der Waals surface area contributed by atoms with Gasteiger partial charge in [0, 0.05) is 45.0 Å². The maximum absolute atomic E-state index is 12.9. The minimum Gasteiger partial charge on any atom is -0.378 e. The van der Waals surface area contributed by atoms with Gasteiger partial charge in [-0.15, -0.1) is 0 Å². The van der Waals surface area contributed by atoms with Crippen molar-refractivity contribution in [3.8, 4) is 6.07 Å². The van der Waals surface area contributed by atoms with E-state index < -0.39 is 0 Å². The molecule has 0 aliphatic carbocycles. The smallest absolute Gasteiger partial charge is 0.227 e. The van der Waals surface area contributed by atoms with Crippen LogP contribution in [0.4, 0.5) is 5.82 Å². The van der Waals surface area contributed by atoms with Crippen LogP contribution in [-0.4, -0.2) is 79.2 Å². The Morgan fingerprint density at radius 2 is 1.93 bits per heavy atom. The highest BCUT2D eigenvalue weighted by Crippen LogP contribution is 2.27. The first-order valence-corrected chi connectivity index (χ1v) is 10.5. The zero-order valence-corrected chi connectivity index (χ0v) is 16.4. The first-order valence-electron chi connectivity index (χ1n) is 10.5. The number of aromatic nitrogens is 1. The lowest BCUT2D eigenvalue weighted by Crippen LogP contribution is -2.52. The molecular formula is C21H29N5O2. The van der Waals surface area contributed by atoms with E-state index in [1.54, 1.807) is 6.20 Å². The number of amides is 1. The topological polar surface area (TPSA) is 72.7 Å². The summed E-state index contributed by atoms with van der Waals surface area (Å²) in [5.41, 5.74) is 0.648. The van der Waals surface area contributed by atoms with Crippen molar-refractivity contribution < 1.29 is 9.53 Å². The van der Waals surface area contributed by atoms with Crippen molar-refractivity contribution in [2.24, 2.45) is 5.92 Å². The largest absolute Gasteiger partial charge is 0.378 e.